The number of carbonyl (C=O) groups excluding carboxylic acids is 1. The Morgan fingerprint density at radius 3 is 2.50 bits per heavy atom. The molecule has 2 aromatic carbocycles. The lowest BCUT2D eigenvalue weighted by molar-refractivity contribution is 0.0462. The lowest BCUT2D eigenvalue weighted by Crippen LogP contribution is -2.39. The Morgan fingerprint density at radius 1 is 1.15 bits per heavy atom. The molecule has 0 aromatic heterocycles. The van der Waals surface area contributed by atoms with E-state index in [-0.39, 0.29) is 11.8 Å². The minimum absolute atomic E-state index is 0.0152. The van der Waals surface area contributed by atoms with Crippen LogP contribution in [0.5, 0.6) is 0 Å². The molecule has 1 aliphatic rings. The van der Waals surface area contributed by atoms with Crippen molar-refractivity contribution >= 4 is 16.7 Å². The van der Waals surface area contributed by atoms with Gasteiger partial charge in [-0.3, -0.25) is 9.00 Å². The highest BCUT2D eigenvalue weighted by atomic mass is 32.2. The first-order chi connectivity index (χ1) is 12.5. The van der Waals surface area contributed by atoms with Gasteiger partial charge in [-0.2, -0.15) is 0 Å². The van der Waals surface area contributed by atoms with Gasteiger partial charge in [0, 0.05) is 41.5 Å². The number of likely N-dealkylation sites (tertiary alicyclic amines) is 1. The van der Waals surface area contributed by atoms with Crippen LogP contribution < -0.4 is 0 Å². The summed E-state index contributed by atoms with van der Waals surface area (Å²) in [5.74, 6) is 0.656. The molecule has 2 unspecified atom stereocenters. The van der Waals surface area contributed by atoms with Crippen molar-refractivity contribution in [2.24, 2.45) is 5.92 Å². The van der Waals surface area contributed by atoms with Crippen molar-refractivity contribution in [1.29, 1.82) is 0 Å². The van der Waals surface area contributed by atoms with Gasteiger partial charge >= 0.3 is 0 Å². The third kappa shape index (κ3) is 4.59. The van der Waals surface area contributed by atoms with E-state index in [1.807, 2.05) is 59.5 Å². The van der Waals surface area contributed by atoms with Crippen LogP contribution in [0.25, 0.3) is 0 Å². The van der Waals surface area contributed by atoms with Crippen LogP contribution in [0.15, 0.2) is 54.6 Å². The van der Waals surface area contributed by atoms with E-state index >= 15 is 0 Å². The molecule has 0 spiro atoms. The van der Waals surface area contributed by atoms with E-state index in [0.717, 1.165) is 24.0 Å². The Hall–Kier alpha value is -1.98. The number of benzene rings is 2. The van der Waals surface area contributed by atoms with Crippen molar-refractivity contribution in [3.63, 3.8) is 0 Å². The van der Waals surface area contributed by atoms with Crippen LogP contribution in [0.3, 0.4) is 0 Å². The SMILES string of the molecule is CS(=O)Cc1cccc(C(=O)N2CCC(C(O)c3ccccc3)CC2)c1. The predicted molar refractivity (Wildman–Crippen MR) is 104 cm³/mol. The normalized spacial score (nSPS) is 17.7. The number of aliphatic hydroxyl groups is 1. The molecule has 2 aromatic rings. The van der Waals surface area contributed by atoms with E-state index in [1.54, 1.807) is 6.26 Å². The number of nitrogens with zero attached hydrogens (tertiary/aromatic N) is 1. The number of amides is 1. The van der Waals surface area contributed by atoms with E-state index in [0.29, 0.717) is 24.4 Å². The molecule has 1 heterocycles. The molecule has 1 fully saturated rings. The van der Waals surface area contributed by atoms with Crippen molar-refractivity contribution in [2.75, 3.05) is 19.3 Å². The van der Waals surface area contributed by atoms with Crippen LogP contribution in [0.2, 0.25) is 0 Å². The summed E-state index contributed by atoms with van der Waals surface area (Å²) in [5.41, 5.74) is 2.51. The second kappa shape index (κ2) is 8.60. The fourth-order valence-corrected chi connectivity index (χ4v) is 4.20. The lowest BCUT2D eigenvalue weighted by atomic mass is 9.87. The lowest BCUT2D eigenvalue weighted by Gasteiger charge is -2.34. The summed E-state index contributed by atoms with van der Waals surface area (Å²) in [4.78, 5) is 14.6. The van der Waals surface area contributed by atoms with Crippen molar-refractivity contribution < 1.29 is 14.1 Å². The molecule has 1 amide bonds. The molecule has 138 valence electrons. The van der Waals surface area contributed by atoms with Gasteiger partial charge in [0.25, 0.3) is 5.91 Å². The smallest absolute Gasteiger partial charge is 0.253 e. The summed E-state index contributed by atoms with van der Waals surface area (Å²) in [6.07, 6.45) is 2.77. The van der Waals surface area contributed by atoms with E-state index in [4.69, 9.17) is 0 Å². The molecule has 0 bridgehead atoms. The Balaban J connectivity index is 1.61. The van der Waals surface area contributed by atoms with Crippen molar-refractivity contribution in [2.45, 2.75) is 24.7 Å². The number of hydrogen-bond acceptors (Lipinski definition) is 3. The van der Waals surface area contributed by atoms with Gasteiger partial charge in [-0.15, -0.1) is 0 Å². The molecule has 1 saturated heterocycles. The highest BCUT2D eigenvalue weighted by Gasteiger charge is 2.28. The Bertz CT molecular complexity index is 770. The van der Waals surface area contributed by atoms with Crippen molar-refractivity contribution in [1.82, 2.24) is 4.90 Å². The summed E-state index contributed by atoms with van der Waals surface area (Å²) in [6, 6.07) is 17.1. The van der Waals surface area contributed by atoms with Gasteiger partial charge in [0.1, 0.15) is 0 Å². The van der Waals surface area contributed by atoms with Gasteiger partial charge in [0.15, 0.2) is 0 Å². The van der Waals surface area contributed by atoms with Crippen LogP contribution in [0, 0.1) is 5.92 Å². The summed E-state index contributed by atoms with van der Waals surface area (Å²) in [7, 11) is -0.924. The van der Waals surface area contributed by atoms with Gasteiger partial charge in [0.05, 0.1) is 6.10 Å². The number of carbonyl (C=O) groups is 1. The quantitative estimate of drug-likeness (QED) is 0.878. The molecule has 3 rings (SSSR count). The van der Waals surface area contributed by atoms with Crippen LogP contribution in [0.1, 0.15) is 40.4 Å². The number of hydrogen-bond donors (Lipinski definition) is 1. The van der Waals surface area contributed by atoms with Crippen LogP contribution in [-0.4, -0.2) is 39.5 Å². The molecule has 1 N–H and O–H groups in total. The van der Waals surface area contributed by atoms with Crippen LogP contribution >= 0.6 is 0 Å². The summed E-state index contributed by atoms with van der Waals surface area (Å²) in [6.45, 7) is 1.30. The number of piperidine rings is 1. The van der Waals surface area contributed by atoms with Crippen molar-refractivity contribution in [3.8, 4) is 0 Å². The third-order valence-electron chi connectivity index (χ3n) is 4.96. The van der Waals surface area contributed by atoms with Gasteiger partial charge in [-0.25, -0.2) is 0 Å². The minimum Gasteiger partial charge on any atom is -0.388 e. The monoisotopic (exact) mass is 371 g/mol. The maximum Gasteiger partial charge on any atom is 0.253 e. The fourth-order valence-electron chi connectivity index (χ4n) is 3.55. The zero-order chi connectivity index (χ0) is 18.5. The van der Waals surface area contributed by atoms with Gasteiger partial charge in [0.2, 0.25) is 0 Å². The summed E-state index contributed by atoms with van der Waals surface area (Å²) < 4.78 is 11.4. The molecule has 0 aliphatic carbocycles. The zero-order valence-corrected chi connectivity index (χ0v) is 15.8. The maximum atomic E-state index is 12.8. The third-order valence-corrected chi connectivity index (χ3v) is 5.70. The highest BCUT2D eigenvalue weighted by Crippen LogP contribution is 2.31. The first-order valence-electron chi connectivity index (χ1n) is 8.96. The minimum atomic E-state index is -0.924. The molecule has 5 heteroatoms. The second-order valence-electron chi connectivity index (χ2n) is 6.90. The average Bonchev–Trinajstić information content (AvgIpc) is 2.67. The Morgan fingerprint density at radius 2 is 1.85 bits per heavy atom. The molecule has 26 heavy (non-hydrogen) atoms. The maximum absolute atomic E-state index is 12.8. The van der Waals surface area contributed by atoms with E-state index in [9.17, 15) is 14.1 Å². The van der Waals surface area contributed by atoms with Gasteiger partial charge < -0.3 is 10.0 Å². The van der Waals surface area contributed by atoms with Crippen molar-refractivity contribution in [3.05, 3.63) is 71.3 Å². The average molecular weight is 372 g/mol. The summed E-state index contributed by atoms with van der Waals surface area (Å²) in [5, 5.41) is 10.6. The highest BCUT2D eigenvalue weighted by molar-refractivity contribution is 7.83. The van der Waals surface area contributed by atoms with Crippen LogP contribution in [0.4, 0.5) is 0 Å². The first-order valence-corrected chi connectivity index (χ1v) is 10.7. The summed E-state index contributed by atoms with van der Waals surface area (Å²) >= 11 is 0. The number of aliphatic hydroxyl groups excluding tert-OH is 1. The number of rotatable bonds is 5. The molecular weight excluding hydrogens is 346 g/mol. The molecular formula is C21H25NO3S. The standard InChI is InChI=1S/C21H25NO3S/c1-26(25)15-16-6-5-9-19(14-16)21(24)22-12-10-18(11-13-22)20(23)17-7-3-2-4-8-17/h2-9,14,18,20,23H,10-13,15H2,1H3. The molecule has 0 radical (unpaired) electrons. The topological polar surface area (TPSA) is 57.6 Å². The fraction of sp³-hybridized carbons (Fsp3) is 0.381. The van der Waals surface area contributed by atoms with Gasteiger partial charge in [-0.1, -0.05) is 42.5 Å². The van der Waals surface area contributed by atoms with E-state index in [2.05, 4.69) is 0 Å². The molecule has 2 atom stereocenters. The van der Waals surface area contributed by atoms with Crippen LogP contribution in [-0.2, 0) is 16.6 Å². The molecule has 0 saturated carbocycles. The Labute approximate surface area is 157 Å². The molecule has 1 aliphatic heterocycles. The largest absolute Gasteiger partial charge is 0.388 e. The Kier molecular flexibility index (Phi) is 6.22. The molecule has 4 nitrogen and oxygen atoms in total. The van der Waals surface area contributed by atoms with E-state index < -0.39 is 16.9 Å². The van der Waals surface area contributed by atoms with Gasteiger partial charge in [-0.05, 0) is 42.0 Å². The second-order valence-corrected chi connectivity index (χ2v) is 8.34. The van der Waals surface area contributed by atoms with E-state index in [1.165, 1.54) is 0 Å². The first kappa shape index (κ1) is 18.8. The predicted octanol–water partition coefficient (Wildman–Crippen LogP) is 3.15. The zero-order valence-electron chi connectivity index (χ0n) is 15.0.